The van der Waals surface area contributed by atoms with E-state index in [2.05, 4.69) is 18.3 Å². The van der Waals surface area contributed by atoms with Crippen LogP contribution in [0.15, 0.2) is 18.2 Å². The van der Waals surface area contributed by atoms with E-state index in [1.165, 1.54) is 19.3 Å². The van der Waals surface area contributed by atoms with Crippen molar-refractivity contribution in [3.05, 3.63) is 23.8 Å². The molecule has 0 aromatic heterocycles. The maximum atomic E-state index is 8.75. The summed E-state index contributed by atoms with van der Waals surface area (Å²) in [4.78, 5) is 0. The van der Waals surface area contributed by atoms with Crippen LogP contribution in [0.2, 0.25) is 0 Å². The van der Waals surface area contributed by atoms with Gasteiger partial charge in [0.25, 0.3) is 0 Å². The van der Waals surface area contributed by atoms with Crippen molar-refractivity contribution in [1.82, 2.24) is 0 Å². The first kappa shape index (κ1) is 12.8. The molecule has 0 saturated heterocycles. The van der Waals surface area contributed by atoms with Gasteiger partial charge in [0.1, 0.15) is 0 Å². The summed E-state index contributed by atoms with van der Waals surface area (Å²) in [5.41, 5.74) is 8.54. The molecule has 1 aromatic carbocycles. The fourth-order valence-corrected chi connectivity index (χ4v) is 2.73. The largest absolute Gasteiger partial charge is 0.398 e. The van der Waals surface area contributed by atoms with E-state index < -0.39 is 0 Å². The van der Waals surface area contributed by atoms with Crippen molar-refractivity contribution >= 4 is 11.4 Å². The molecule has 1 aromatic rings. The SMILES string of the molecule is CC1CCCC1CNc1ccc(N)c(CC#N)c1. The van der Waals surface area contributed by atoms with Crippen molar-refractivity contribution in [2.24, 2.45) is 11.8 Å². The number of benzene rings is 1. The van der Waals surface area contributed by atoms with Crippen LogP contribution in [0.3, 0.4) is 0 Å². The van der Waals surface area contributed by atoms with Gasteiger partial charge in [-0.15, -0.1) is 0 Å². The molecule has 0 spiro atoms. The van der Waals surface area contributed by atoms with Crippen LogP contribution in [0.1, 0.15) is 31.7 Å². The van der Waals surface area contributed by atoms with Crippen LogP contribution < -0.4 is 11.1 Å². The molecule has 0 amide bonds. The Morgan fingerprint density at radius 3 is 2.94 bits per heavy atom. The first-order chi connectivity index (χ1) is 8.70. The van der Waals surface area contributed by atoms with Gasteiger partial charge in [0, 0.05) is 17.9 Å². The Balaban J connectivity index is 1.97. The zero-order valence-electron chi connectivity index (χ0n) is 10.9. The molecule has 18 heavy (non-hydrogen) atoms. The Kier molecular flexibility index (Phi) is 4.09. The molecule has 0 bridgehead atoms. The number of hydrogen-bond donors (Lipinski definition) is 2. The summed E-state index contributed by atoms with van der Waals surface area (Å²) in [6, 6.07) is 8.02. The second-order valence-electron chi connectivity index (χ2n) is 5.30. The lowest BCUT2D eigenvalue weighted by Gasteiger charge is -2.17. The molecule has 0 aliphatic heterocycles. The highest BCUT2D eigenvalue weighted by atomic mass is 14.9. The van der Waals surface area contributed by atoms with Gasteiger partial charge in [-0.1, -0.05) is 19.8 Å². The van der Waals surface area contributed by atoms with Gasteiger partial charge in [0.15, 0.2) is 0 Å². The Labute approximate surface area is 109 Å². The molecule has 1 aliphatic rings. The summed E-state index contributed by atoms with van der Waals surface area (Å²) in [6.45, 7) is 3.36. The Morgan fingerprint density at radius 2 is 2.28 bits per heavy atom. The van der Waals surface area contributed by atoms with Gasteiger partial charge in [-0.25, -0.2) is 0 Å². The van der Waals surface area contributed by atoms with E-state index in [1.54, 1.807) is 0 Å². The average Bonchev–Trinajstić information content (AvgIpc) is 2.76. The predicted molar refractivity (Wildman–Crippen MR) is 75.2 cm³/mol. The van der Waals surface area contributed by atoms with Gasteiger partial charge in [0.2, 0.25) is 0 Å². The van der Waals surface area contributed by atoms with Crippen molar-refractivity contribution in [2.45, 2.75) is 32.6 Å². The lowest BCUT2D eigenvalue weighted by Crippen LogP contribution is -2.16. The molecule has 3 N–H and O–H groups in total. The fraction of sp³-hybridized carbons (Fsp3) is 0.533. The zero-order valence-corrected chi connectivity index (χ0v) is 10.9. The maximum absolute atomic E-state index is 8.75. The maximum Gasteiger partial charge on any atom is 0.0670 e. The van der Waals surface area contributed by atoms with Gasteiger partial charge in [-0.3, -0.25) is 0 Å². The molecule has 0 heterocycles. The summed E-state index contributed by atoms with van der Waals surface area (Å²) in [5.74, 6) is 1.60. The topological polar surface area (TPSA) is 61.8 Å². The molecular weight excluding hydrogens is 222 g/mol. The minimum atomic E-state index is 0.376. The van der Waals surface area contributed by atoms with Crippen molar-refractivity contribution < 1.29 is 0 Å². The molecule has 3 heteroatoms. The zero-order chi connectivity index (χ0) is 13.0. The van der Waals surface area contributed by atoms with E-state index in [0.717, 1.165) is 29.6 Å². The molecule has 2 atom stereocenters. The molecule has 96 valence electrons. The van der Waals surface area contributed by atoms with Gasteiger partial charge < -0.3 is 11.1 Å². The number of anilines is 2. The average molecular weight is 243 g/mol. The van der Waals surface area contributed by atoms with E-state index in [9.17, 15) is 0 Å². The fourth-order valence-electron chi connectivity index (χ4n) is 2.73. The van der Waals surface area contributed by atoms with Crippen LogP contribution in [0.4, 0.5) is 11.4 Å². The highest BCUT2D eigenvalue weighted by molar-refractivity contribution is 5.58. The van der Waals surface area contributed by atoms with Gasteiger partial charge in [-0.05, 0) is 42.0 Å². The van der Waals surface area contributed by atoms with Crippen molar-refractivity contribution in [3.8, 4) is 6.07 Å². The van der Waals surface area contributed by atoms with Gasteiger partial charge in [-0.2, -0.15) is 5.26 Å². The van der Waals surface area contributed by atoms with Gasteiger partial charge >= 0.3 is 0 Å². The Bertz CT molecular complexity index is 448. The standard InChI is InChI=1S/C15H21N3/c1-11-3-2-4-13(11)10-18-14-5-6-15(17)12(9-14)7-8-16/h5-6,9,11,13,18H,2-4,7,10,17H2,1H3. The van der Waals surface area contributed by atoms with Crippen molar-refractivity contribution in [3.63, 3.8) is 0 Å². The highest BCUT2D eigenvalue weighted by Crippen LogP contribution is 2.31. The Hall–Kier alpha value is -1.69. The van der Waals surface area contributed by atoms with E-state index in [0.29, 0.717) is 12.1 Å². The number of rotatable bonds is 4. The monoisotopic (exact) mass is 243 g/mol. The number of nitrogens with one attached hydrogen (secondary N) is 1. The molecule has 1 saturated carbocycles. The molecular formula is C15H21N3. The van der Waals surface area contributed by atoms with Gasteiger partial charge in [0.05, 0.1) is 12.5 Å². The number of hydrogen-bond acceptors (Lipinski definition) is 3. The van der Waals surface area contributed by atoms with Crippen LogP contribution in [-0.2, 0) is 6.42 Å². The molecule has 0 radical (unpaired) electrons. The van der Waals surface area contributed by atoms with E-state index in [-0.39, 0.29) is 0 Å². The number of nitriles is 1. The lowest BCUT2D eigenvalue weighted by molar-refractivity contribution is 0.439. The lowest BCUT2D eigenvalue weighted by atomic mass is 9.98. The predicted octanol–water partition coefficient (Wildman–Crippen LogP) is 3.18. The van der Waals surface area contributed by atoms with Crippen LogP contribution in [0, 0.1) is 23.2 Å². The van der Waals surface area contributed by atoms with E-state index >= 15 is 0 Å². The Morgan fingerprint density at radius 1 is 1.44 bits per heavy atom. The minimum Gasteiger partial charge on any atom is -0.398 e. The summed E-state index contributed by atoms with van der Waals surface area (Å²) in [5, 5.41) is 12.2. The highest BCUT2D eigenvalue weighted by Gasteiger charge is 2.22. The number of nitrogens with two attached hydrogens (primary N) is 1. The van der Waals surface area contributed by atoms with Crippen LogP contribution in [0.25, 0.3) is 0 Å². The quantitative estimate of drug-likeness (QED) is 0.798. The summed E-state index contributed by atoms with van der Waals surface area (Å²) in [7, 11) is 0. The van der Waals surface area contributed by atoms with Crippen LogP contribution in [-0.4, -0.2) is 6.54 Å². The molecule has 2 unspecified atom stereocenters. The third kappa shape index (κ3) is 2.95. The van der Waals surface area contributed by atoms with E-state index in [4.69, 9.17) is 11.0 Å². The summed E-state index contributed by atoms with van der Waals surface area (Å²) >= 11 is 0. The second kappa shape index (κ2) is 5.77. The number of nitrogen functional groups attached to an aromatic ring is 1. The number of nitrogens with zero attached hydrogens (tertiary/aromatic N) is 1. The van der Waals surface area contributed by atoms with Crippen LogP contribution >= 0.6 is 0 Å². The molecule has 1 fully saturated rings. The third-order valence-electron chi connectivity index (χ3n) is 4.02. The minimum absolute atomic E-state index is 0.376. The first-order valence-electron chi connectivity index (χ1n) is 6.70. The second-order valence-corrected chi connectivity index (χ2v) is 5.30. The first-order valence-corrected chi connectivity index (χ1v) is 6.70. The summed E-state index contributed by atoms with van der Waals surface area (Å²) < 4.78 is 0. The van der Waals surface area contributed by atoms with Crippen molar-refractivity contribution in [1.29, 1.82) is 5.26 Å². The summed E-state index contributed by atoms with van der Waals surface area (Å²) in [6.07, 6.45) is 4.41. The molecule has 2 rings (SSSR count). The third-order valence-corrected chi connectivity index (χ3v) is 4.02. The van der Waals surface area contributed by atoms with Crippen molar-refractivity contribution in [2.75, 3.05) is 17.6 Å². The smallest absolute Gasteiger partial charge is 0.0670 e. The molecule has 3 nitrogen and oxygen atoms in total. The molecule has 1 aliphatic carbocycles. The van der Waals surface area contributed by atoms with E-state index in [1.807, 2.05) is 18.2 Å². The van der Waals surface area contributed by atoms with Crippen LogP contribution in [0.5, 0.6) is 0 Å². The normalized spacial score (nSPS) is 22.7.